The molecular formula is C34H52BrNO2. The molecule has 0 amide bonds. The van der Waals surface area contributed by atoms with E-state index in [9.17, 15) is 4.79 Å². The average Bonchev–Trinajstić information content (AvgIpc) is 2.82. The Morgan fingerprint density at radius 1 is 0.579 bits per heavy atom. The molecule has 4 aliphatic rings. The van der Waals surface area contributed by atoms with Crippen LogP contribution in [0, 0.1) is 23.2 Å². The van der Waals surface area contributed by atoms with E-state index in [2.05, 4.69) is 82.8 Å². The number of allylic oxidation sites excluding steroid dienone is 10. The van der Waals surface area contributed by atoms with Crippen molar-refractivity contribution in [3.05, 3.63) is 60.8 Å². The van der Waals surface area contributed by atoms with Crippen LogP contribution in [0.25, 0.3) is 0 Å². The monoisotopic (exact) mass is 585 g/mol. The lowest BCUT2D eigenvalue weighted by atomic mass is 9.94. The van der Waals surface area contributed by atoms with Crippen molar-refractivity contribution in [3.8, 4) is 6.07 Å². The molecule has 0 aromatic rings. The smallest absolute Gasteiger partial charge is 0.306 e. The van der Waals surface area contributed by atoms with Crippen LogP contribution in [0.15, 0.2) is 60.8 Å². The van der Waals surface area contributed by atoms with Gasteiger partial charge in [0.2, 0.25) is 0 Å². The van der Waals surface area contributed by atoms with E-state index in [-0.39, 0.29) is 5.92 Å². The third kappa shape index (κ3) is 21.1. The van der Waals surface area contributed by atoms with Gasteiger partial charge in [-0.1, -0.05) is 76.7 Å². The summed E-state index contributed by atoms with van der Waals surface area (Å²) in [5, 5.41) is 17.4. The van der Waals surface area contributed by atoms with Gasteiger partial charge in [-0.05, 0) is 122 Å². The average molecular weight is 587 g/mol. The zero-order chi connectivity index (χ0) is 27.5. The summed E-state index contributed by atoms with van der Waals surface area (Å²) in [5.74, 6) is -0.398. The zero-order valence-electron chi connectivity index (χ0n) is 23.6. The van der Waals surface area contributed by atoms with Crippen molar-refractivity contribution in [1.29, 1.82) is 5.26 Å². The molecule has 0 saturated carbocycles. The molecule has 4 heteroatoms. The Hall–Kier alpha value is -1.86. The molecule has 3 atom stereocenters. The number of halogens is 1. The highest BCUT2D eigenvalue weighted by atomic mass is 79.9. The van der Waals surface area contributed by atoms with Crippen LogP contribution in [-0.2, 0) is 4.79 Å². The number of rotatable bonds is 1. The standard InChI is InChI=1S/C9H13N.C9H14O2.C8H13Br.C8H12/c10-8-9-6-4-2-1-3-5-7-9;10-9(11)8-6-4-2-1-3-5-7-8;9-8-6-4-2-1-3-5-7-8;1-2-4-6-8-7-5-3-1/h1-2,9H,3-7H2;1-2,8H,3-7H2,(H,10,11);1-2,8H,3-7H2;1-2,7-8H,3-6H2/b3*2-1-;2-1-,8-7?. The molecule has 0 heterocycles. The molecule has 1 N–H and O–H groups in total. The number of carbonyl (C=O) groups is 1. The Bertz CT molecular complexity index is 748. The molecule has 3 unspecified atom stereocenters. The number of alkyl halides is 1. The highest BCUT2D eigenvalue weighted by molar-refractivity contribution is 9.09. The summed E-state index contributed by atoms with van der Waals surface area (Å²) < 4.78 is 0. The van der Waals surface area contributed by atoms with Crippen LogP contribution in [0.5, 0.6) is 0 Å². The maximum absolute atomic E-state index is 10.6. The minimum atomic E-state index is -0.625. The first-order valence-electron chi connectivity index (χ1n) is 15.1. The van der Waals surface area contributed by atoms with Gasteiger partial charge in [-0.25, -0.2) is 0 Å². The third-order valence-electron chi connectivity index (χ3n) is 7.11. The van der Waals surface area contributed by atoms with Crippen molar-refractivity contribution in [2.75, 3.05) is 0 Å². The second kappa shape index (κ2) is 25.4. The maximum atomic E-state index is 10.6. The molecule has 0 aromatic heterocycles. The van der Waals surface area contributed by atoms with Gasteiger partial charge >= 0.3 is 5.97 Å². The van der Waals surface area contributed by atoms with Crippen molar-refractivity contribution in [2.24, 2.45) is 11.8 Å². The summed E-state index contributed by atoms with van der Waals surface area (Å²) in [6.45, 7) is 0. The second-order valence-electron chi connectivity index (χ2n) is 10.5. The second-order valence-corrected chi connectivity index (χ2v) is 11.8. The lowest BCUT2D eigenvalue weighted by Gasteiger charge is -2.11. The molecule has 38 heavy (non-hydrogen) atoms. The van der Waals surface area contributed by atoms with Crippen molar-refractivity contribution in [3.63, 3.8) is 0 Å². The fourth-order valence-corrected chi connectivity index (χ4v) is 5.25. The molecule has 0 bridgehead atoms. The van der Waals surface area contributed by atoms with Gasteiger partial charge in [0.1, 0.15) is 0 Å². The van der Waals surface area contributed by atoms with Gasteiger partial charge in [-0.3, -0.25) is 4.79 Å². The largest absolute Gasteiger partial charge is 0.481 e. The first-order valence-corrected chi connectivity index (χ1v) is 16.1. The van der Waals surface area contributed by atoms with Gasteiger partial charge in [-0.2, -0.15) is 5.26 Å². The van der Waals surface area contributed by atoms with E-state index in [0.29, 0.717) is 5.92 Å². The third-order valence-corrected chi connectivity index (χ3v) is 8.03. The van der Waals surface area contributed by atoms with Gasteiger partial charge in [0.05, 0.1) is 12.0 Å². The number of hydrogen-bond donors (Lipinski definition) is 1. The summed E-state index contributed by atoms with van der Waals surface area (Å²) >= 11 is 3.64. The molecule has 3 nitrogen and oxygen atoms in total. The molecule has 0 radical (unpaired) electrons. The molecule has 4 aliphatic carbocycles. The van der Waals surface area contributed by atoms with Crippen LogP contribution < -0.4 is 0 Å². The number of hydrogen-bond acceptors (Lipinski definition) is 2. The summed E-state index contributed by atoms with van der Waals surface area (Å²) in [7, 11) is 0. The Morgan fingerprint density at radius 2 is 1.00 bits per heavy atom. The summed E-state index contributed by atoms with van der Waals surface area (Å²) in [6, 6.07) is 2.34. The molecule has 0 fully saturated rings. The van der Waals surface area contributed by atoms with Crippen LogP contribution in [0.4, 0.5) is 0 Å². The lowest BCUT2D eigenvalue weighted by molar-refractivity contribution is -0.142. The predicted molar refractivity (Wildman–Crippen MR) is 166 cm³/mol. The quantitative estimate of drug-likeness (QED) is 0.246. The molecular weight excluding hydrogens is 534 g/mol. The SMILES string of the molecule is BrC1CC/C=C\CCC1.C1=CCC/C=C\CC1.N#CC1CC/C=C\CCC1.O=C(O)C1CC/C=C\CCC1. The van der Waals surface area contributed by atoms with Crippen molar-refractivity contribution < 1.29 is 9.90 Å². The highest BCUT2D eigenvalue weighted by Gasteiger charge is 2.16. The van der Waals surface area contributed by atoms with Gasteiger partial charge in [0, 0.05) is 10.7 Å². The van der Waals surface area contributed by atoms with E-state index in [4.69, 9.17) is 10.4 Å². The van der Waals surface area contributed by atoms with Crippen molar-refractivity contribution in [2.45, 2.75) is 127 Å². The molecule has 0 spiro atoms. The van der Waals surface area contributed by atoms with Crippen LogP contribution in [0.1, 0.15) is 122 Å². The van der Waals surface area contributed by atoms with Crippen molar-refractivity contribution in [1.82, 2.24) is 0 Å². The summed E-state index contributed by atoms with van der Waals surface area (Å²) in [4.78, 5) is 11.4. The van der Waals surface area contributed by atoms with Crippen LogP contribution in [0.2, 0.25) is 0 Å². The van der Waals surface area contributed by atoms with E-state index in [1.165, 1.54) is 64.2 Å². The van der Waals surface area contributed by atoms with Gasteiger partial charge in [-0.15, -0.1) is 0 Å². The number of nitriles is 1. The normalized spacial score (nSPS) is 28.9. The van der Waals surface area contributed by atoms with E-state index < -0.39 is 5.97 Å². The zero-order valence-corrected chi connectivity index (χ0v) is 25.2. The minimum absolute atomic E-state index is 0.0973. The fraction of sp³-hybridized carbons (Fsp3) is 0.647. The number of nitrogens with zero attached hydrogens (tertiary/aromatic N) is 1. The Labute approximate surface area is 242 Å². The van der Waals surface area contributed by atoms with E-state index in [0.717, 1.165) is 62.6 Å². The minimum Gasteiger partial charge on any atom is -0.481 e. The summed E-state index contributed by atoms with van der Waals surface area (Å²) in [5.41, 5.74) is 0. The highest BCUT2D eigenvalue weighted by Crippen LogP contribution is 2.19. The molecule has 4 rings (SSSR count). The Kier molecular flexibility index (Phi) is 22.9. The van der Waals surface area contributed by atoms with Gasteiger partial charge in [0.25, 0.3) is 0 Å². The van der Waals surface area contributed by atoms with Gasteiger partial charge < -0.3 is 5.11 Å². The molecule has 212 valence electrons. The Balaban J connectivity index is 0.000000255. The fourth-order valence-electron chi connectivity index (χ4n) is 4.67. The van der Waals surface area contributed by atoms with Crippen LogP contribution in [0.3, 0.4) is 0 Å². The Morgan fingerprint density at radius 3 is 1.53 bits per heavy atom. The van der Waals surface area contributed by atoms with E-state index in [1.54, 1.807) is 0 Å². The van der Waals surface area contributed by atoms with E-state index in [1.807, 2.05) is 0 Å². The number of aliphatic carboxylic acids is 1. The first-order chi connectivity index (χ1) is 18.6. The molecule has 0 saturated heterocycles. The number of carboxylic acid groups (broad SMARTS) is 1. The molecule has 0 aromatic carbocycles. The summed E-state index contributed by atoms with van der Waals surface area (Å²) in [6.07, 6.45) is 44.1. The van der Waals surface area contributed by atoms with E-state index >= 15 is 0 Å². The molecule has 0 aliphatic heterocycles. The maximum Gasteiger partial charge on any atom is 0.306 e. The van der Waals surface area contributed by atoms with Crippen LogP contribution >= 0.6 is 15.9 Å². The first kappa shape index (κ1) is 34.2. The number of carboxylic acids is 1. The van der Waals surface area contributed by atoms with Crippen LogP contribution in [-0.4, -0.2) is 15.9 Å². The predicted octanol–water partition coefficient (Wildman–Crippen LogP) is 10.8. The van der Waals surface area contributed by atoms with Gasteiger partial charge in [0.15, 0.2) is 0 Å². The topological polar surface area (TPSA) is 61.1 Å². The lowest BCUT2D eigenvalue weighted by Crippen LogP contribution is -2.13. The van der Waals surface area contributed by atoms with Crippen molar-refractivity contribution >= 4 is 21.9 Å².